The third-order valence-electron chi connectivity index (χ3n) is 0.509. The van der Waals surface area contributed by atoms with Crippen molar-refractivity contribution in [1.82, 2.24) is 0 Å². The van der Waals surface area contributed by atoms with Crippen LogP contribution in [0, 0.1) is 0 Å². The van der Waals surface area contributed by atoms with Gasteiger partial charge in [-0.3, -0.25) is 4.79 Å². The van der Waals surface area contributed by atoms with Gasteiger partial charge in [-0.25, -0.2) is 4.79 Å². The van der Waals surface area contributed by atoms with E-state index in [1.54, 1.807) is 0 Å². The normalized spacial score (nSPS) is 7.45. The van der Waals surface area contributed by atoms with Crippen LogP contribution in [0.3, 0.4) is 0 Å². The molecule has 0 aliphatic carbocycles. The smallest absolute Gasteiger partial charge is 0.466 e. The van der Waals surface area contributed by atoms with Gasteiger partial charge in [-0.15, -0.1) is 0 Å². The number of hydrogen-bond acceptors (Lipinski definition) is 3. The fraction of sp³-hybridized carbons (Fsp3) is 0.667. The Kier molecular flexibility index (Phi) is 9.87. The van der Waals surface area contributed by atoms with Crippen molar-refractivity contribution in [1.29, 1.82) is 0 Å². The third kappa shape index (κ3) is 52.9. The summed E-state index contributed by atoms with van der Waals surface area (Å²) in [4.78, 5) is 18.5. The van der Waals surface area contributed by atoms with Gasteiger partial charge in [-0.1, -0.05) is 6.92 Å². The van der Waals surface area contributed by atoms with Gasteiger partial charge < -0.3 is 14.9 Å². The molecule has 0 amide bonds. The largest absolute Gasteiger partial charge is 0.503 e. The Morgan fingerprint density at radius 3 is 1.82 bits per heavy atom. The summed E-state index contributed by atoms with van der Waals surface area (Å²) in [5.41, 5.74) is 0. The van der Waals surface area contributed by atoms with Crippen LogP contribution in [0.1, 0.15) is 20.3 Å². The number of carbonyl (C=O) groups is 2. The Morgan fingerprint density at radius 1 is 1.36 bits per heavy atom. The van der Waals surface area contributed by atoms with E-state index in [9.17, 15) is 4.79 Å². The minimum atomic E-state index is -1.83. The van der Waals surface area contributed by atoms with Crippen LogP contribution in [-0.4, -0.2) is 28.9 Å². The van der Waals surface area contributed by atoms with Crippen molar-refractivity contribution < 1.29 is 24.5 Å². The van der Waals surface area contributed by atoms with Crippen molar-refractivity contribution in [3.8, 4) is 0 Å². The predicted octanol–water partition coefficient (Wildman–Crippen LogP) is 1.18. The molecule has 0 radical (unpaired) electrons. The summed E-state index contributed by atoms with van der Waals surface area (Å²) < 4.78 is 4.55. The fourth-order valence-corrected chi connectivity index (χ4v) is 0.246. The van der Waals surface area contributed by atoms with Gasteiger partial charge in [-0.2, -0.15) is 0 Å². The standard InChI is InChI=1S/C5H10O2.CH2O3/c1-3-4-7-5(2)6;2-1(3)4/h3-4H2,1-2H3;(H2,2,3,4). The average molecular weight is 164 g/mol. The SMILES string of the molecule is CCCOC(C)=O.O=C(O)O. The predicted molar refractivity (Wildman–Crippen MR) is 37.6 cm³/mol. The van der Waals surface area contributed by atoms with E-state index in [4.69, 9.17) is 15.0 Å². The molecule has 0 saturated carbocycles. The van der Waals surface area contributed by atoms with Crippen molar-refractivity contribution in [2.24, 2.45) is 0 Å². The van der Waals surface area contributed by atoms with Gasteiger partial charge in [0.15, 0.2) is 0 Å². The number of carboxylic acid groups (broad SMARTS) is 2. The zero-order chi connectivity index (χ0) is 9.28. The zero-order valence-corrected chi connectivity index (χ0v) is 6.53. The van der Waals surface area contributed by atoms with E-state index in [2.05, 4.69) is 4.74 Å². The molecule has 0 rings (SSSR count). The van der Waals surface area contributed by atoms with Crippen LogP contribution in [0.15, 0.2) is 0 Å². The quantitative estimate of drug-likeness (QED) is 0.598. The Hall–Kier alpha value is -1.26. The molecule has 0 spiro atoms. The summed E-state index contributed by atoms with van der Waals surface area (Å²) in [5, 5.41) is 13.9. The molecule has 0 aliphatic rings. The second kappa shape index (κ2) is 8.74. The van der Waals surface area contributed by atoms with Gasteiger partial charge in [-0.05, 0) is 6.42 Å². The number of esters is 1. The first-order valence-electron chi connectivity index (χ1n) is 3.06. The van der Waals surface area contributed by atoms with Crippen molar-refractivity contribution in [3.63, 3.8) is 0 Å². The Balaban J connectivity index is 0. The number of rotatable bonds is 2. The summed E-state index contributed by atoms with van der Waals surface area (Å²) >= 11 is 0. The number of hydrogen-bond donors (Lipinski definition) is 2. The highest BCUT2D eigenvalue weighted by Crippen LogP contribution is 1.78. The van der Waals surface area contributed by atoms with Crippen LogP contribution >= 0.6 is 0 Å². The Labute approximate surface area is 64.6 Å². The topological polar surface area (TPSA) is 83.8 Å². The van der Waals surface area contributed by atoms with E-state index < -0.39 is 6.16 Å². The maximum atomic E-state index is 9.98. The minimum Gasteiger partial charge on any atom is -0.466 e. The summed E-state index contributed by atoms with van der Waals surface area (Å²) in [6.45, 7) is 3.92. The first-order chi connectivity index (χ1) is 5.00. The maximum absolute atomic E-state index is 9.98. The lowest BCUT2D eigenvalue weighted by atomic mass is 10.5. The highest BCUT2D eigenvalue weighted by atomic mass is 16.6. The summed E-state index contributed by atoms with van der Waals surface area (Å²) in [6.07, 6.45) is -0.931. The van der Waals surface area contributed by atoms with Crippen LogP contribution in [0.25, 0.3) is 0 Å². The van der Waals surface area contributed by atoms with Gasteiger partial charge in [0, 0.05) is 6.92 Å². The van der Waals surface area contributed by atoms with E-state index in [1.807, 2.05) is 6.92 Å². The highest BCUT2D eigenvalue weighted by Gasteiger charge is 1.85. The number of ether oxygens (including phenoxy) is 1. The van der Waals surface area contributed by atoms with Crippen LogP contribution in [0.4, 0.5) is 4.79 Å². The van der Waals surface area contributed by atoms with Gasteiger partial charge in [0.1, 0.15) is 0 Å². The minimum absolute atomic E-state index is 0.193. The van der Waals surface area contributed by atoms with Gasteiger partial charge in [0.2, 0.25) is 0 Å². The molecule has 0 heterocycles. The first-order valence-corrected chi connectivity index (χ1v) is 3.06. The van der Waals surface area contributed by atoms with Crippen molar-refractivity contribution in [2.75, 3.05) is 6.61 Å². The maximum Gasteiger partial charge on any atom is 0.503 e. The van der Waals surface area contributed by atoms with Crippen LogP contribution in [0.5, 0.6) is 0 Å². The van der Waals surface area contributed by atoms with Crippen LogP contribution in [-0.2, 0) is 9.53 Å². The van der Waals surface area contributed by atoms with Crippen LogP contribution < -0.4 is 0 Å². The third-order valence-corrected chi connectivity index (χ3v) is 0.509. The van der Waals surface area contributed by atoms with Crippen molar-refractivity contribution >= 4 is 12.1 Å². The van der Waals surface area contributed by atoms with Gasteiger partial charge in [0.05, 0.1) is 6.61 Å². The molecular formula is C6H12O5. The molecule has 5 nitrogen and oxygen atoms in total. The van der Waals surface area contributed by atoms with E-state index in [0.29, 0.717) is 6.61 Å². The molecule has 0 bridgehead atoms. The van der Waals surface area contributed by atoms with E-state index in [0.717, 1.165) is 6.42 Å². The molecule has 0 atom stereocenters. The molecule has 11 heavy (non-hydrogen) atoms. The monoisotopic (exact) mass is 164 g/mol. The molecule has 0 aromatic heterocycles. The second-order valence-electron chi connectivity index (χ2n) is 1.62. The summed E-state index contributed by atoms with van der Waals surface area (Å²) in [6, 6.07) is 0. The molecule has 66 valence electrons. The molecule has 0 unspecified atom stereocenters. The zero-order valence-electron chi connectivity index (χ0n) is 6.53. The number of carbonyl (C=O) groups excluding carboxylic acids is 1. The molecule has 2 N–H and O–H groups in total. The molecule has 0 aromatic rings. The highest BCUT2D eigenvalue weighted by molar-refractivity contribution is 5.65. The lowest BCUT2D eigenvalue weighted by Crippen LogP contribution is -1.98. The lowest BCUT2D eigenvalue weighted by Gasteiger charge is -1.93. The Bertz CT molecular complexity index is 116. The average Bonchev–Trinajstić information content (AvgIpc) is 1.82. The Morgan fingerprint density at radius 2 is 1.73 bits per heavy atom. The summed E-state index contributed by atoms with van der Waals surface area (Å²) in [5.74, 6) is -0.193. The van der Waals surface area contributed by atoms with E-state index in [-0.39, 0.29) is 5.97 Å². The molecule has 0 aromatic carbocycles. The van der Waals surface area contributed by atoms with Crippen molar-refractivity contribution in [2.45, 2.75) is 20.3 Å². The van der Waals surface area contributed by atoms with Crippen molar-refractivity contribution in [3.05, 3.63) is 0 Å². The molecule has 0 fully saturated rings. The van der Waals surface area contributed by atoms with E-state index in [1.165, 1.54) is 6.92 Å². The van der Waals surface area contributed by atoms with Crippen LogP contribution in [0.2, 0.25) is 0 Å². The molecule has 0 aliphatic heterocycles. The molecule has 5 heteroatoms. The lowest BCUT2D eigenvalue weighted by molar-refractivity contribution is -0.140. The molecule has 0 saturated heterocycles. The first kappa shape index (κ1) is 12.4. The van der Waals surface area contributed by atoms with Gasteiger partial charge in [0.25, 0.3) is 0 Å². The second-order valence-corrected chi connectivity index (χ2v) is 1.62. The van der Waals surface area contributed by atoms with Gasteiger partial charge >= 0.3 is 12.1 Å². The van der Waals surface area contributed by atoms with E-state index >= 15 is 0 Å². The molecular weight excluding hydrogens is 152 g/mol. The summed E-state index contributed by atoms with van der Waals surface area (Å²) in [7, 11) is 0. The fourth-order valence-electron chi connectivity index (χ4n) is 0.246.